The summed E-state index contributed by atoms with van der Waals surface area (Å²) in [7, 11) is 1.61. The molecule has 4 amide bonds. The van der Waals surface area contributed by atoms with Gasteiger partial charge in [-0.1, -0.05) is 54.1 Å². The maximum atomic E-state index is 13.2. The van der Waals surface area contributed by atoms with Crippen LogP contribution in [0, 0.1) is 6.92 Å². The van der Waals surface area contributed by atoms with Gasteiger partial charge in [0.2, 0.25) is 5.91 Å². The minimum atomic E-state index is -1.23. The van der Waals surface area contributed by atoms with E-state index in [-0.39, 0.29) is 6.54 Å². The maximum Gasteiger partial charge on any atom is 0.325 e. The van der Waals surface area contributed by atoms with E-state index < -0.39 is 23.4 Å². The molecule has 1 aliphatic rings. The average Bonchev–Trinajstić information content (AvgIpc) is 3.02. The summed E-state index contributed by atoms with van der Waals surface area (Å²) in [6, 6.07) is 18.8. The van der Waals surface area contributed by atoms with Crippen LogP contribution >= 0.6 is 0 Å². The fourth-order valence-electron chi connectivity index (χ4n) is 4.18. The van der Waals surface area contributed by atoms with Crippen LogP contribution in [-0.2, 0) is 21.5 Å². The van der Waals surface area contributed by atoms with E-state index in [9.17, 15) is 14.4 Å². The SMILES string of the molecule is COc1ccc(C)cc1CCNC(=O)CN1C(=O)NC(C)(c2ccc3ccccc3c2)C1=O. The molecule has 0 aromatic heterocycles. The third kappa shape index (κ3) is 4.39. The first-order chi connectivity index (χ1) is 15.8. The topological polar surface area (TPSA) is 87.7 Å². The second kappa shape index (κ2) is 8.94. The van der Waals surface area contributed by atoms with E-state index >= 15 is 0 Å². The zero-order valence-corrected chi connectivity index (χ0v) is 19.0. The smallest absolute Gasteiger partial charge is 0.325 e. The summed E-state index contributed by atoms with van der Waals surface area (Å²) >= 11 is 0. The number of amides is 4. The standard InChI is InChI=1S/C26H27N3O4/c1-17-8-11-22(33-3)20(14-17)12-13-27-23(30)16-29-24(31)26(2,28-25(29)32)21-10-9-18-6-4-5-7-19(18)15-21/h4-11,14-15H,12-13,16H2,1-3H3,(H,27,30)(H,28,32). The van der Waals surface area contributed by atoms with Crippen LogP contribution in [0.4, 0.5) is 4.79 Å². The molecule has 7 nitrogen and oxygen atoms in total. The molecule has 7 heteroatoms. The normalized spacial score (nSPS) is 17.8. The minimum absolute atomic E-state index is 0.335. The van der Waals surface area contributed by atoms with Crippen LogP contribution in [-0.4, -0.2) is 42.9 Å². The molecule has 170 valence electrons. The van der Waals surface area contributed by atoms with E-state index in [0.29, 0.717) is 18.5 Å². The third-order valence-corrected chi connectivity index (χ3v) is 6.06. The molecule has 0 bridgehead atoms. The van der Waals surface area contributed by atoms with Crippen LogP contribution in [0.25, 0.3) is 10.8 Å². The van der Waals surface area contributed by atoms with Crippen molar-refractivity contribution in [2.75, 3.05) is 20.2 Å². The molecule has 0 spiro atoms. The molecule has 2 N–H and O–H groups in total. The van der Waals surface area contributed by atoms with Gasteiger partial charge in [0.25, 0.3) is 5.91 Å². The van der Waals surface area contributed by atoms with E-state index in [0.717, 1.165) is 32.5 Å². The van der Waals surface area contributed by atoms with Crippen LogP contribution in [0.1, 0.15) is 23.6 Å². The molecule has 1 heterocycles. The third-order valence-electron chi connectivity index (χ3n) is 6.06. The number of imide groups is 1. The Kier molecular flexibility index (Phi) is 6.05. The first-order valence-electron chi connectivity index (χ1n) is 10.9. The van der Waals surface area contributed by atoms with Crippen LogP contribution in [0.5, 0.6) is 5.75 Å². The van der Waals surface area contributed by atoms with Crippen molar-refractivity contribution < 1.29 is 19.1 Å². The number of benzene rings is 3. The van der Waals surface area contributed by atoms with E-state index in [1.54, 1.807) is 14.0 Å². The number of hydrogen-bond acceptors (Lipinski definition) is 4. The molecule has 1 fully saturated rings. The predicted molar refractivity (Wildman–Crippen MR) is 126 cm³/mol. The summed E-state index contributed by atoms with van der Waals surface area (Å²) in [6.07, 6.45) is 0.575. The van der Waals surface area contributed by atoms with Gasteiger partial charge in [-0.2, -0.15) is 0 Å². The van der Waals surface area contributed by atoms with Gasteiger partial charge in [0.1, 0.15) is 17.8 Å². The second-order valence-electron chi connectivity index (χ2n) is 8.42. The summed E-state index contributed by atoms with van der Waals surface area (Å²) < 4.78 is 5.37. The summed E-state index contributed by atoms with van der Waals surface area (Å²) in [4.78, 5) is 39.2. The summed E-state index contributed by atoms with van der Waals surface area (Å²) in [5.74, 6) is -0.0822. The molecule has 0 aliphatic carbocycles. The van der Waals surface area contributed by atoms with E-state index in [1.165, 1.54) is 0 Å². The van der Waals surface area contributed by atoms with E-state index in [2.05, 4.69) is 10.6 Å². The number of carbonyl (C=O) groups is 3. The fraction of sp³-hybridized carbons (Fsp3) is 0.269. The van der Waals surface area contributed by atoms with Gasteiger partial charge in [-0.3, -0.25) is 14.5 Å². The molecule has 0 radical (unpaired) electrons. The van der Waals surface area contributed by atoms with Crippen molar-refractivity contribution >= 4 is 28.6 Å². The Labute approximate surface area is 192 Å². The van der Waals surface area contributed by atoms with Crippen molar-refractivity contribution in [2.45, 2.75) is 25.8 Å². The van der Waals surface area contributed by atoms with Crippen LogP contribution in [0.15, 0.2) is 60.7 Å². The van der Waals surface area contributed by atoms with Crippen LogP contribution < -0.4 is 15.4 Å². The minimum Gasteiger partial charge on any atom is -0.496 e. The number of methoxy groups -OCH3 is 1. The highest BCUT2D eigenvalue weighted by molar-refractivity contribution is 6.09. The van der Waals surface area contributed by atoms with E-state index in [4.69, 9.17) is 4.74 Å². The summed E-state index contributed by atoms with van der Waals surface area (Å²) in [5.41, 5.74) is 1.53. The molecule has 1 aliphatic heterocycles. The van der Waals surface area contributed by atoms with Gasteiger partial charge in [0.05, 0.1) is 7.11 Å². The quantitative estimate of drug-likeness (QED) is 0.547. The Hall–Kier alpha value is -3.87. The maximum absolute atomic E-state index is 13.2. The average molecular weight is 446 g/mol. The second-order valence-corrected chi connectivity index (χ2v) is 8.42. The number of aryl methyl sites for hydroxylation is 1. The molecule has 33 heavy (non-hydrogen) atoms. The lowest BCUT2D eigenvalue weighted by molar-refractivity contribution is -0.134. The van der Waals surface area contributed by atoms with Gasteiger partial charge < -0.3 is 15.4 Å². The number of nitrogens with zero attached hydrogens (tertiary/aromatic N) is 1. The molecule has 3 aromatic carbocycles. The monoisotopic (exact) mass is 445 g/mol. The molecular weight excluding hydrogens is 418 g/mol. The Morgan fingerprint density at radius 2 is 1.82 bits per heavy atom. The lowest BCUT2D eigenvalue weighted by Crippen LogP contribution is -2.43. The number of hydrogen-bond donors (Lipinski definition) is 2. The number of rotatable bonds is 7. The first kappa shape index (κ1) is 22.3. The van der Waals surface area contributed by atoms with Crippen LogP contribution in [0.3, 0.4) is 0 Å². The Balaban J connectivity index is 1.41. The van der Waals surface area contributed by atoms with Crippen LogP contribution in [0.2, 0.25) is 0 Å². The van der Waals surface area contributed by atoms with Gasteiger partial charge >= 0.3 is 6.03 Å². The number of urea groups is 1. The molecule has 0 saturated carbocycles. The molecule has 1 saturated heterocycles. The Morgan fingerprint density at radius 1 is 1.06 bits per heavy atom. The van der Waals surface area contributed by atoms with E-state index in [1.807, 2.05) is 67.6 Å². The predicted octanol–water partition coefficient (Wildman–Crippen LogP) is 3.28. The van der Waals surface area contributed by atoms with Crippen molar-refractivity contribution in [3.05, 3.63) is 77.4 Å². The lowest BCUT2D eigenvalue weighted by Gasteiger charge is -2.22. The largest absolute Gasteiger partial charge is 0.496 e. The van der Waals surface area contributed by atoms with Crippen molar-refractivity contribution in [3.63, 3.8) is 0 Å². The number of nitrogens with one attached hydrogen (secondary N) is 2. The van der Waals surface area contributed by atoms with Crippen molar-refractivity contribution in [3.8, 4) is 5.75 Å². The van der Waals surface area contributed by atoms with Crippen molar-refractivity contribution in [1.29, 1.82) is 0 Å². The molecule has 4 rings (SSSR count). The number of carbonyl (C=O) groups excluding carboxylic acids is 3. The number of fused-ring (bicyclic) bond motifs is 1. The zero-order chi connectivity index (χ0) is 23.6. The van der Waals surface area contributed by atoms with Crippen molar-refractivity contribution in [2.24, 2.45) is 0 Å². The Morgan fingerprint density at radius 3 is 2.58 bits per heavy atom. The van der Waals surface area contributed by atoms with Gasteiger partial charge in [-0.15, -0.1) is 0 Å². The molecule has 1 unspecified atom stereocenters. The summed E-state index contributed by atoms with van der Waals surface area (Å²) in [6.45, 7) is 3.69. The highest BCUT2D eigenvalue weighted by Crippen LogP contribution is 2.31. The lowest BCUT2D eigenvalue weighted by atomic mass is 9.90. The Bertz CT molecular complexity index is 1240. The van der Waals surface area contributed by atoms with Gasteiger partial charge in [0, 0.05) is 6.54 Å². The highest BCUT2D eigenvalue weighted by atomic mass is 16.5. The zero-order valence-electron chi connectivity index (χ0n) is 19.0. The fourth-order valence-corrected chi connectivity index (χ4v) is 4.18. The van der Waals surface area contributed by atoms with Crippen molar-refractivity contribution in [1.82, 2.24) is 15.5 Å². The first-order valence-corrected chi connectivity index (χ1v) is 10.9. The highest BCUT2D eigenvalue weighted by Gasteiger charge is 2.49. The van der Waals surface area contributed by atoms with Gasteiger partial charge in [0.15, 0.2) is 0 Å². The molecule has 1 atom stereocenters. The van der Waals surface area contributed by atoms with Gasteiger partial charge in [-0.05, 0) is 54.3 Å². The molecule has 3 aromatic rings. The van der Waals surface area contributed by atoms with Gasteiger partial charge in [-0.25, -0.2) is 4.79 Å². The summed E-state index contributed by atoms with van der Waals surface area (Å²) in [5, 5.41) is 7.57. The molecular formula is C26H27N3O4. The number of ether oxygens (including phenoxy) is 1.